The van der Waals surface area contributed by atoms with Gasteiger partial charge in [-0.15, -0.1) is 0 Å². The first-order valence-corrected chi connectivity index (χ1v) is 24.8. The fraction of sp³-hybridized carbons (Fsp3) is 0.812. The number of carbonyl (C=O) groups is 1. The van der Waals surface area contributed by atoms with E-state index < -0.39 is 13.9 Å². The molecule has 8 nitrogen and oxygen atoms in total. The normalized spacial score (nSPS) is 14.1. The molecule has 0 saturated carbocycles. The first-order chi connectivity index (χ1) is 27.6. The second kappa shape index (κ2) is 41.2. The lowest BCUT2D eigenvalue weighted by Gasteiger charge is -2.28. The van der Waals surface area contributed by atoms with Crippen LogP contribution in [0.1, 0.15) is 194 Å². The zero-order valence-corrected chi connectivity index (χ0v) is 38.7. The Labute approximate surface area is 352 Å². The van der Waals surface area contributed by atoms with Crippen LogP contribution >= 0.6 is 7.82 Å². The fourth-order valence-electron chi connectivity index (χ4n) is 6.24. The summed E-state index contributed by atoms with van der Waals surface area (Å²) in [5.74, 6) is -0.362. The van der Waals surface area contributed by atoms with Gasteiger partial charge in [0.25, 0.3) is 7.82 Å². The minimum Gasteiger partial charge on any atom is -0.756 e. The number of unbranched alkanes of at least 4 members (excludes halogenated alkanes) is 21. The van der Waals surface area contributed by atoms with Crippen molar-refractivity contribution >= 4 is 13.8 Å². The largest absolute Gasteiger partial charge is 0.756 e. The Morgan fingerprint density at radius 3 is 1.46 bits per heavy atom. The molecule has 0 heterocycles. The first kappa shape index (κ1) is 55.5. The molecule has 0 aromatic carbocycles. The van der Waals surface area contributed by atoms with Crippen molar-refractivity contribution in [3.63, 3.8) is 0 Å². The molecule has 0 aliphatic heterocycles. The maximum absolute atomic E-state index is 12.7. The fourth-order valence-corrected chi connectivity index (χ4v) is 6.96. The second-order valence-corrected chi connectivity index (χ2v) is 18.2. The summed E-state index contributed by atoms with van der Waals surface area (Å²) in [5, 5.41) is 0. The third-order valence-electron chi connectivity index (χ3n) is 9.88. The molecular weight excluding hydrogens is 734 g/mol. The highest BCUT2D eigenvalue weighted by Crippen LogP contribution is 2.38. The molecule has 0 aromatic heterocycles. The van der Waals surface area contributed by atoms with E-state index in [2.05, 4.69) is 62.5 Å². The molecule has 57 heavy (non-hydrogen) atoms. The summed E-state index contributed by atoms with van der Waals surface area (Å²) < 4.78 is 34.6. The summed E-state index contributed by atoms with van der Waals surface area (Å²) in [7, 11) is 1.34. The maximum atomic E-state index is 12.7. The Morgan fingerprint density at radius 1 is 0.544 bits per heavy atom. The molecule has 0 spiro atoms. The number of carbonyl (C=O) groups excluding carboxylic acids is 1. The van der Waals surface area contributed by atoms with Gasteiger partial charge in [0.05, 0.1) is 34.4 Å². The summed E-state index contributed by atoms with van der Waals surface area (Å²) in [4.78, 5) is 25.1. The van der Waals surface area contributed by atoms with Crippen molar-refractivity contribution in [1.82, 2.24) is 0 Å². The standard InChI is InChI=1S/C48H90NO7P/c1-6-8-10-12-14-16-18-20-22-24-25-26-27-29-31-33-35-37-39-41-48(50)56-47(46-55-57(51,52)54-44-42-49(3,4)5)45-53-43-40-38-36-34-32-30-28-23-21-19-17-15-13-11-9-7-2/h14,16,20,22,25-26,29,31,47H,6-13,15,17-19,21,23-24,27-28,30,32-46H2,1-5H3/b16-14-,22-20-,26-25-,31-29-/t47-/m1/s1. The predicted octanol–water partition coefficient (Wildman–Crippen LogP) is 13.3. The molecule has 0 amide bonds. The van der Waals surface area contributed by atoms with Crippen molar-refractivity contribution in [3.8, 4) is 0 Å². The Bertz CT molecular complexity index is 1050. The third-order valence-corrected chi connectivity index (χ3v) is 10.8. The van der Waals surface area contributed by atoms with Crippen molar-refractivity contribution in [3.05, 3.63) is 48.6 Å². The average molecular weight is 824 g/mol. The minimum atomic E-state index is -4.53. The van der Waals surface area contributed by atoms with Crippen molar-refractivity contribution in [2.24, 2.45) is 0 Å². The molecule has 0 saturated heterocycles. The van der Waals surface area contributed by atoms with Crippen molar-refractivity contribution in [1.29, 1.82) is 0 Å². The van der Waals surface area contributed by atoms with Crippen LogP contribution in [0.25, 0.3) is 0 Å². The summed E-state index contributed by atoms with van der Waals surface area (Å²) >= 11 is 0. The van der Waals surface area contributed by atoms with E-state index in [0.717, 1.165) is 51.4 Å². The van der Waals surface area contributed by atoms with Crippen LogP contribution in [0.2, 0.25) is 0 Å². The highest BCUT2D eigenvalue weighted by Gasteiger charge is 2.20. The van der Waals surface area contributed by atoms with E-state index in [0.29, 0.717) is 24.1 Å². The molecule has 0 fully saturated rings. The number of phosphoric ester groups is 1. The molecule has 0 N–H and O–H groups in total. The lowest BCUT2D eigenvalue weighted by Crippen LogP contribution is -2.37. The summed E-state index contributed by atoms with van der Waals surface area (Å²) in [6, 6.07) is 0. The lowest BCUT2D eigenvalue weighted by molar-refractivity contribution is -0.870. The Hall–Kier alpha value is -1.54. The highest BCUT2D eigenvalue weighted by atomic mass is 31.2. The summed E-state index contributed by atoms with van der Waals surface area (Å²) in [6.07, 6.45) is 49.8. The van der Waals surface area contributed by atoms with Gasteiger partial charge in [-0.3, -0.25) is 9.36 Å². The molecule has 2 atom stereocenters. The number of nitrogens with zero attached hydrogens (tertiary/aromatic N) is 1. The van der Waals surface area contributed by atoms with Gasteiger partial charge in [0.15, 0.2) is 0 Å². The predicted molar refractivity (Wildman–Crippen MR) is 240 cm³/mol. The molecular formula is C48H90NO7P. The van der Waals surface area contributed by atoms with Crippen LogP contribution in [-0.2, 0) is 27.9 Å². The number of hydrogen-bond acceptors (Lipinski definition) is 7. The number of quaternary nitrogens is 1. The Morgan fingerprint density at radius 2 is 0.965 bits per heavy atom. The number of ether oxygens (including phenoxy) is 2. The molecule has 334 valence electrons. The first-order valence-electron chi connectivity index (χ1n) is 23.4. The molecule has 1 unspecified atom stereocenters. The van der Waals surface area contributed by atoms with Gasteiger partial charge in [-0.2, -0.15) is 0 Å². The third kappa shape index (κ3) is 45.4. The van der Waals surface area contributed by atoms with E-state index in [4.69, 9.17) is 18.5 Å². The molecule has 0 aliphatic carbocycles. The molecule has 0 radical (unpaired) electrons. The lowest BCUT2D eigenvalue weighted by atomic mass is 10.0. The quantitative estimate of drug-likeness (QED) is 0.0199. The van der Waals surface area contributed by atoms with E-state index in [1.807, 2.05) is 21.1 Å². The molecule has 0 bridgehead atoms. The van der Waals surface area contributed by atoms with Crippen LogP contribution in [0.15, 0.2) is 48.6 Å². The number of allylic oxidation sites excluding steroid dienone is 8. The van der Waals surface area contributed by atoms with Gasteiger partial charge in [-0.25, -0.2) is 0 Å². The van der Waals surface area contributed by atoms with Gasteiger partial charge in [0.1, 0.15) is 19.3 Å². The smallest absolute Gasteiger partial charge is 0.306 e. The van der Waals surface area contributed by atoms with Crippen LogP contribution in [-0.4, -0.2) is 70.7 Å². The van der Waals surface area contributed by atoms with Crippen LogP contribution < -0.4 is 4.89 Å². The van der Waals surface area contributed by atoms with E-state index in [9.17, 15) is 14.3 Å². The highest BCUT2D eigenvalue weighted by molar-refractivity contribution is 7.45. The number of rotatable bonds is 43. The zero-order chi connectivity index (χ0) is 42.0. The maximum Gasteiger partial charge on any atom is 0.306 e. The van der Waals surface area contributed by atoms with Gasteiger partial charge in [-0.1, -0.05) is 178 Å². The minimum absolute atomic E-state index is 0.0194. The van der Waals surface area contributed by atoms with Crippen molar-refractivity contribution < 1.29 is 37.3 Å². The Kier molecular flexibility index (Phi) is 40.1. The zero-order valence-electron chi connectivity index (χ0n) is 37.8. The topological polar surface area (TPSA) is 94.1 Å². The van der Waals surface area contributed by atoms with Crippen LogP contribution in [0.5, 0.6) is 0 Å². The average Bonchev–Trinajstić information content (AvgIpc) is 3.16. The van der Waals surface area contributed by atoms with Crippen LogP contribution in [0.4, 0.5) is 0 Å². The van der Waals surface area contributed by atoms with Crippen LogP contribution in [0, 0.1) is 0 Å². The number of hydrogen-bond donors (Lipinski definition) is 0. The van der Waals surface area contributed by atoms with Gasteiger partial charge in [-0.05, 0) is 57.8 Å². The van der Waals surface area contributed by atoms with E-state index in [-0.39, 0.29) is 32.2 Å². The number of phosphoric acid groups is 1. The number of likely N-dealkylation sites (N-methyl/N-ethyl adjacent to an activating group) is 1. The number of esters is 1. The van der Waals surface area contributed by atoms with E-state index in [1.165, 1.54) is 116 Å². The van der Waals surface area contributed by atoms with Gasteiger partial charge in [0, 0.05) is 13.0 Å². The van der Waals surface area contributed by atoms with Gasteiger partial charge >= 0.3 is 5.97 Å². The summed E-state index contributed by atoms with van der Waals surface area (Å²) in [6.45, 7) is 5.36. The van der Waals surface area contributed by atoms with Gasteiger partial charge in [0.2, 0.25) is 0 Å². The summed E-state index contributed by atoms with van der Waals surface area (Å²) in [5.41, 5.74) is 0. The molecule has 0 aliphatic rings. The van der Waals surface area contributed by atoms with E-state index >= 15 is 0 Å². The monoisotopic (exact) mass is 824 g/mol. The molecule has 9 heteroatoms. The van der Waals surface area contributed by atoms with Crippen molar-refractivity contribution in [2.75, 3.05) is 54.1 Å². The van der Waals surface area contributed by atoms with E-state index in [1.54, 1.807) is 0 Å². The Balaban J connectivity index is 4.27. The second-order valence-electron chi connectivity index (χ2n) is 16.8. The van der Waals surface area contributed by atoms with Crippen LogP contribution in [0.3, 0.4) is 0 Å². The molecule has 0 rings (SSSR count). The van der Waals surface area contributed by atoms with Crippen molar-refractivity contribution in [2.45, 2.75) is 200 Å². The van der Waals surface area contributed by atoms with Gasteiger partial charge < -0.3 is 27.9 Å². The SMILES string of the molecule is CCCCC/C=C\C/C=C\C/C=C\C/C=C\CCCCCC(=O)O[C@H](COCCCCCCCCCCCCCCCCCC)COP(=O)([O-])OCC[N+](C)(C)C. The molecule has 0 aromatic rings.